The van der Waals surface area contributed by atoms with Gasteiger partial charge in [-0.2, -0.15) is 0 Å². The first kappa shape index (κ1) is 24.2. The van der Waals surface area contributed by atoms with Crippen LogP contribution in [0.3, 0.4) is 0 Å². The Bertz CT molecular complexity index is 1190. The quantitative estimate of drug-likeness (QED) is 0.458. The Kier molecular flexibility index (Phi) is 7.22. The SMILES string of the molecule is CCOC(=O)C1C(C)=NC2=C(C(=O)C[C@H](c3ccc(OC)c(OC)c3)C2)[C@H]1c1cccc(Br)c1. The summed E-state index contributed by atoms with van der Waals surface area (Å²) in [7, 11) is 3.20. The molecule has 0 spiro atoms. The molecule has 7 heteroatoms. The number of allylic oxidation sites excluding steroid dienone is 2. The van der Waals surface area contributed by atoms with Crippen LogP contribution in [0.15, 0.2) is 63.2 Å². The molecule has 1 unspecified atom stereocenters. The van der Waals surface area contributed by atoms with Gasteiger partial charge in [-0.05, 0) is 61.6 Å². The lowest BCUT2D eigenvalue weighted by Gasteiger charge is -2.36. The van der Waals surface area contributed by atoms with Gasteiger partial charge in [-0.25, -0.2) is 0 Å². The smallest absolute Gasteiger partial charge is 0.315 e. The zero-order chi connectivity index (χ0) is 24.4. The van der Waals surface area contributed by atoms with Crippen LogP contribution in [0.25, 0.3) is 0 Å². The Balaban J connectivity index is 1.78. The van der Waals surface area contributed by atoms with Gasteiger partial charge in [0, 0.05) is 33.8 Å². The van der Waals surface area contributed by atoms with E-state index in [0.717, 1.165) is 21.3 Å². The molecular weight excluding hydrogens is 498 g/mol. The lowest BCUT2D eigenvalue weighted by molar-refractivity contribution is -0.146. The maximum Gasteiger partial charge on any atom is 0.315 e. The maximum absolute atomic E-state index is 13.6. The zero-order valence-electron chi connectivity index (χ0n) is 19.8. The van der Waals surface area contributed by atoms with E-state index >= 15 is 0 Å². The van der Waals surface area contributed by atoms with Gasteiger partial charge >= 0.3 is 5.97 Å². The third kappa shape index (κ3) is 4.53. The second-order valence-electron chi connectivity index (χ2n) is 8.52. The van der Waals surface area contributed by atoms with Crippen molar-refractivity contribution in [1.29, 1.82) is 0 Å². The summed E-state index contributed by atoms with van der Waals surface area (Å²) in [5.74, 6) is -0.161. The van der Waals surface area contributed by atoms with Crippen LogP contribution in [0.1, 0.15) is 49.7 Å². The van der Waals surface area contributed by atoms with Crippen molar-refractivity contribution < 1.29 is 23.8 Å². The van der Waals surface area contributed by atoms with Gasteiger partial charge in [0.15, 0.2) is 17.3 Å². The number of methoxy groups -OCH3 is 2. The Morgan fingerprint density at radius 1 is 1.06 bits per heavy atom. The van der Waals surface area contributed by atoms with Crippen molar-refractivity contribution in [3.8, 4) is 11.5 Å². The molecule has 0 saturated carbocycles. The number of hydrogen-bond acceptors (Lipinski definition) is 6. The molecule has 0 fully saturated rings. The zero-order valence-corrected chi connectivity index (χ0v) is 21.3. The molecule has 0 saturated heterocycles. The molecule has 0 bridgehead atoms. The topological polar surface area (TPSA) is 74.2 Å². The number of carbonyl (C=O) groups excluding carboxylic acids is 2. The number of carbonyl (C=O) groups is 2. The van der Waals surface area contributed by atoms with Gasteiger partial charge in [0.25, 0.3) is 0 Å². The molecule has 0 radical (unpaired) electrons. The van der Waals surface area contributed by atoms with E-state index in [1.165, 1.54) is 0 Å². The van der Waals surface area contributed by atoms with Gasteiger partial charge in [0.05, 0.1) is 20.8 Å². The predicted octanol–water partition coefficient (Wildman–Crippen LogP) is 5.60. The van der Waals surface area contributed by atoms with Gasteiger partial charge in [0.2, 0.25) is 0 Å². The summed E-state index contributed by atoms with van der Waals surface area (Å²) >= 11 is 3.53. The van der Waals surface area contributed by atoms with Crippen molar-refractivity contribution in [2.24, 2.45) is 10.9 Å². The fraction of sp³-hybridized carbons (Fsp3) is 0.370. The molecule has 3 atom stereocenters. The van der Waals surface area contributed by atoms with Crippen LogP contribution in [-0.2, 0) is 14.3 Å². The molecule has 4 rings (SSSR count). The van der Waals surface area contributed by atoms with E-state index in [0.29, 0.717) is 35.6 Å². The molecular formula is C27H28BrNO5. The van der Waals surface area contributed by atoms with Crippen molar-refractivity contribution in [3.05, 3.63) is 69.3 Å². The number of nitrogens with zero attached hydrogens (tertiary/aromatic N) is 1. The molecule has 0 N–H and O–H groups in total. The van der Waals surface area contributed by atoms with Gasteiger partial charge in [0.1, 0.15) is 5.92 Å². The molecule has 0 amide bonds. The number of ketones is 1. The highest BCUT2D eigenvalue weighted by Crippen LogP contribution is 2.47. The van der Waals surface area contributed by atoms with E-state index in [1.807, 2.05) is 49.4 Å². The van der Waals surface area contributed by atoms with E-state index in [4.69, 9.17) is 19.2 Å². The highest BCUT2D eigenvalue weighted by atomic mass is 79.9. The van der Waals surface area contributed by atoms with Gasteiger partial charge in [-0.3, -0.25) is 14.6 Å². The van der Waals surface area contributed by atoms with Crippen LogP contribution in [0, 0.1) is 5.92 Å². The minimum atomic E-state index is -0.630. The summed E-state index contributed by atoms with van der Waals surface area (Å²) in [6.07, 6.45) is 0.941. The minimum Gasteiger partial charge on any atom is -0.493 e. The molecule has 2 aromatic carbocycles. The highest BCUT2D eigenvalue weighted by Gasteiger charge is 2.44. The average Bonchev–Trinajstić information content (AvgIpc) is 2.82. The highest BCUT2D eigenvalue weighted by molar-refractivity contribution is 9.10. The van der Waals surface area contributed by atoms with Crippen molar-refractivity contribution in [3.63, 3.8) is 0 Å². The number of rotatable bonds is 6. The number of ether oxygens (including phenoxy) is 3. The van der Waals surface area contributed by atoms with Crippen LogP contribution < -0.4 is 9.47 Å². The van der Waals surface area contributed by atoms with Crippen LogP contribution in [0.4, 0.5) is 0 Å². The van der Waals surface area contributed by atoms with Gasteiger partial charge < -0.3 is 14.2 Å². The second kappa shape index (κ2) is 10.1. The molecule has 6 nitrogen and oxygen atoms in total. The Labute approximate surface area is 208 Å². The number of halogens is 1. The fourth-order valence-corrected chi connectivity index (χ4v) is 5.42. The first-order chi connectivity index (χ1) is 16.4. The molecule has 2 aromatic rings. The number of hydrogen-bond donors (Lipinski definition) is 0. The normalized spacial score (nSPS) is 22.1. The molecule has 1 aliphatic carbocycles. The van der Waals surface area contributed by atoms with Crippen LogP contribution >= 0.6 is 15.9 Å². The lowest BCUT2D eigenvalue weighted by atomic mass is 9.69. The largest absolute Gasteiger partial charge is 0.493 e. The average molecular weight is 526 g/mol. The van der Waals surface area contributed by atoms with Crippen molar-refractivity contribution in [1.82, 2.24) is 0 Å². The van der Waals surface area contributed by atoms with E-state index in [-0.39, 0.29) is 24.3 Å². The van der Waals surface area contributed by atoms with Crippen LogP contribution in [0.2, 0.25) is 0 Å². The van der Waals surface area contributed by atoms with Crippen molar-refractivity contribution in [2.75, 3.05) is 20.8 Å². The van der Waals surface area contributed by atoms with E-state index < -0.39 is 11.8 Å². The number of Topliss-reactive ketones (excluding diaryl/α,β-unsaturated/α-hetero) is 1. The Hall–Kier alpha value is -2.93. The summed E-state index contributed by atoms with van der Waals surface area (Å²) in [6, 6.07) is 13.5. The predicted molar refractivity (Wildman–Crippen MR) is 134 cm³/mol. The summed E-state index contributed by atoms with van der Waals surface area (Å²) < 4.78 is 17.1. The van der Waals surface area contributed by atoms with E-state index in [9.17, 15) is 9.59 Å². The first-order valence-electron chi connectivity index (χ1n) is 11.3. The van der Waals surface area contributed by atoms with Crippen LogP contribution in [0.5, 0.6) is 11.5 Å². The van der Waals surface area contributed by atoms with Crippen molar-refractivity contribution in [2.45, 2.75) is 38.5 Å². The van der Waals surface area contributed by atoms with Crippen molar-refractivity contribution >= 4 is 33.4 Å². The number of esters is 1. The molecule has 0 aromatic heterocycles. The molecule has 1 heterocycles. The second-order valence-corrected chi connectivity index (χ2v) is 9.43. The van der Waals surface area contributed by atoms with E-state index in [2.05, 4.69) is 15.9 Å². The molecule has 34 heavy (non-hydrogen) atoms. The minimum absolute atomic E-state index is 0.0107. The fourth-order valence-electron chi connectivity index (χ4n) is 5.00. The Morgan fingerprint density at radius 3 is 2.50 bits per heavy atom. The van der Waals surface area contributed by atoms with Crippen LogP contribution in [-0.4, -0.2) is 38.3 Å². The van der Waals surface area contributed by atoms with Gasteiger partial charge in [-0.15, -0.1) is 0 Å². The molecule has 2 aliphatic rings. The maximum atomic E-state index is 13.6. The summed E-state index contributed by atoms with van der Waals surface area (Å²) in [5, 5.41) is 0. The number of benzene rings is 2. The summed E-state index contributed by atoms with van der Waals surface area (Å²) in [6.45, 7) is 3.90. The van der Waals surface area contributed by atoms with Gasteiger partial charge in [-0.1, -0.05) is 34.1 Å². The third-order valence-corrected chi connectivity index (χ3v) is 7.01. The number of aliphatic imine (C=N–C) groups is 1. The molecule has 1 aliphatic heterocycles. The third-order valence-electron chi connectivity index (χ3n) is 6.52. The molecule has 178 valence electrons. The first-order valence-corrected chi connectivity index (χ1v) is 12.1. The monoisotopic (exact) mass is 525 g/mol. The Morgan fingerprint density at radius 2 is 1.82 bits per heavy atom. The lowest BCUT2D eigenvalue weighted by Crippen LogP contribution is -2.38. The van der Waals surface area contributed by atoms with E-state index in [1.54, 1.807) is 21.1 Å². The summed E-state index contributed by atoms with van der Waals surface area (Å²) in [5.41, 5.74) is 3.93. The summed E-state index contributed by atoms with van der Waals surface area (Å²) in [4.78, 5) is 31.4. The standard InChI is InChI=1S/C27H28BrNO5/c1-5-34-27(31)24-15(2)29-20-12-18(16-9-10-22(32-3)23(14-16)33-4)13-21(30)26(20)25(24)17-7-6-8-19(28)11-17/h6-11,14,18,24-25H,5,12-13H2,1-4H3/t18-,24?,25+/m1/s1.